The lowest BCUT2D eigenvalue weighted by molar-refractivity contribution is -0.00407. The summed E-state index contributed by atoms with van der Waals surface area (Å²) < 4.78 is 14.7. The summed E-state index contributed by atoms with van der Waals surface area (Å²) in [5, 5.41) is 19.0. The molecule has 0 aromatic carbocycles. The first kappa shape index (κ1) is 17.9. The molecule has 2 atom stereocenters. The number of hydrogen-bond acceptors (Lipinski definition) is 5. The summed E-state index contributed by atoms with van der Waals surface area (Å²) in [5.74, 6) is 11.0. The third-order valence-electron chi connectivity index (χ3n) is 1.98. The number of hydrogen-bond donors (Lipinski definition) is 2. The molecule has 0 saturated heterocycles. The Hall–Kier alpha value is -1.08. The molecule has 5 heteroatoms. The minimum atomic E-state index is -0.656. The van der Waals surface area contributed by atoms with Gasteiger partial charge in [0.2, 0.25) is 0 Å². The van der Waals surface area contributed by atoms with Crippen LogP contribution < -0.4 is 0 Å². The second-order valence-corrected chi connectivity index (χ2v) is 3.83. The minimum Gasteiger partial charge on any atom is -0.390 e. The van der Waals surface area contributed by atoms with E-state index in [1.165, 1.54) is 0 Å². The number of rotatable bonds is 8. The lowest BCUT2D eigenvalue weighted by Gasteiger charge is -2.11. The van der Waals surface area contributed by atoms with Crippen LogP contribution in [0.4, 0.5) is 0 Å². The lowest BCUT2D eigenvalue weighted by atomic mass is 10.2. The van der Waals surface area contributed by atoms with Crippen molar-refractivity contribution in [3.05, 3.63) is 0 Å². The molecule has 19 heavy (non-hydrogen) atoms. The van der Waals surface area contributed by atoms with Gasteiger partial charge in [-0.2, -0.15) is 0 Å². The molecule has 0 rings (SSSR count). The van der Waals surface area contributed by atoms with Crippen molar-refractivity contribution in [3.63, 3.8) is 0 Å². The van der Waals surface area contributed by atoms with E-state index < -0.39 is 12.2 Å². The molecule has 0 amide bonds. The maximum absolute atomic E-state index is 9.51. The van der Waals surface area contributed by atoms with Crippen molar-refractivity contribution >= 4 is 0 Å². The summed E-state index contributed by atoms with van der Waals surface area (Å²) in [7, 11) is 3.12. The van der Waals surface area contributed by atoms with Crippen LogP contribution in [0.25, 0.3) is 0 Å². The van der Waals surface area contributed by atoms with Crippen LogP contribution in [0, 0.1) is 23.7 Å². The first-order valence-electron chi connectivity index (χ1n) is 6.03. The normalized spacial score (nSPS) is 12.8. The highest BCUT2D eigenvalue weighted by Gasteiger charge is 2.05. The number of aliphatic hydroxyl groups excluding tert-OH is 2. The Labute approximate surface area is 114 Å². The SMILES string of the molecule is COCC#CCC(O)COCC(O)CC#CCOC. The van der Waals surface area contributed by atoms with Crippen LogP contribution in [0.15, 0.2) is 0 Å². The zero-order chi connectivity index (χ0) is 14.3. The number of ether oxygens (including phenoxy) is 3. The smallest absolute Gasteiger partial charge is 0.107 e. The van der Waals surface area contributed by atoms with Gasteiger partial charge in [-0.3, -0.25) is 0 Å². The molecule has 0 bridgehead atoms. The quantitative estimate of drug-likeness (QED) is 0.598. The molecule has 108 valence electrons. The predicted octanol–water partition coefficient (Wildman–Crippen LogP) is -0.195. The lowest BCUT2D eigenvalue weighted by Crippen LogP contribution is -2.20. The fourth-order valence-electron chi connectivity index (χ4n) is 1.08. The molecule has 0 aliphatic rings. The van der Waals surface area contributed by atoms with E-state index in [1.54, 1.807) is 14.2 Å². The molecule has 0 heterocycles. The Morgan fingerprint density at radius 1 is 0.789 bits per heavy atom. The van der Waals surface area contributed by atoms with E-state index >= 15 is 0 Å². The van der Waals surface area contributed by atoms with E-state index in [0.717, 1.165) is 0 Å². The van der Waals surface area contributed by atoms with Crippen LogP contribution in [0.1, 0.15) is 12.8 Å². The zero-order valence-electron chi connectivity index (χ0n) is 11.5. The Kier molecular flexibility index (Phi) is 12.6. The molecule has 0 radical (unpaired) electrons. The molecule has 0 aliphatic carbocycles. The van der Waals surface area contributed by atoms with Crippen LogP contribution in [0.5, 0.6) is 0 Å². The van der Waals surface area contributed by atoms with Gasteiger partial charge in [-0.1, -0.05) is 23.7 Å². The zero-order valence-corrected chi connectivity index (χ0v) is 11.5. The molecule has 0 aliphatic heterocycles. The third-order valence-corrected chi connectivity index (χ3v) is 1.98. The Bertz CT molecular complexity index is 288. The van der Waals surface area contributed by atoms with Gasteiger partial charge in [-0.05, 0) is 0 Å². The molecular weight excluding hydrogens is 248 g/mol. The second kappa shape index (κ2) is 13.4. The monoisotopic (exact) mass is 270 g/mol. The van der Waals surface area contributed by atoms with Gasteiger partial charge in [0.25, 0.3) is 0 Å². The molecule has 0 fully saturated rings. The molecule has 0 saturated carbocycles. The third kappa shape index (κ3) is 13.2. The van der Waals surface area contributed by atoms with Crippen LogP contribution >= 0.6 is 0 Å². The number of aliphatic hydroxyl groups is 2. The second-order valence-electron chi connectivity index (χ2n) is 3.83. The first-order chi connectivity index (χ1) is 9.20. The van der Waals surface area contributed by atoms with Crippen LogP contribution in [0.2, 0.25) is 0 Å². The summed E-state index contributed by atoms with van der Waals surface area (Å²) >= 11 is 0. The molecule has 2 unspecified atom stereocenters. The Balaban J connectivity index is 3.57. The van der Waals surface area contributed by atoms with Gasteiger partial charge >= 0.3 is 0 Å². The summed E-state index contributed by atoms with van der Waals surface area (Å²) in [6, 6.07) is 0. The molecule has 0 aromatic heterocycles. The van der Waals surface area contributed by atoms with E-state index in [2.05, 4.69) is 23.7 Å². The maximum atomic E-state index is 9.51. The van der Waals surface area contributed by atoms with Gasteiger partial charge in [0.05, 0.1) is 25.4 Å². The van der Waals surface area contributed by atoms with Crippen LogP contribution in [0.3, 0.4) is 0 Å². The molecule has 0 spiro atoms. The van der Waals surface area contributed by atoms with Gasteiger partial charge in [-0.25, -0.2) is 0 Å². The van der Waals surface area contributed by atoms with Crippen molar-refractivity contribution in [1.82, 2.24) is 0 Å². The van der Waals surface area contributed by atoms with Crippen molar-refractivity contribution in [2.75, 3.05) is 40.6 Å². The highest BCUT2D eigenvalue weighted by Crippen LogP contribution is 1.95. The average molecular weight is 270 g/mol. The maximum Gasteiger partial charge on any atom is 0.107 e. The minimum absolute atomic E-state index is 0.143. The molecule has 5 nitrogen and oxygen atoms in total. The van der Waals surface area contributed by atoms with Crippen molar-refractivity contribution in [1.29, 1.82) is 0 Å². The standard InChI is InChI=1S/C14H22O5/c1-17-9-5-3-7-13(15)11-19-12-14(16)8-4-6-10-18-2/h13-16H,7-12H2,1-2H3. The van der Waals surface area contributed by atoms with Gasteiger partial charge in [0.15, 0.2) is 0 Å². The van der Waals surface area contributed by atoms with Crippen LogP contribution in [-0.2, 0) is 14.2 Å². The van der Waals surface area contributed by atoms with Gasteiger partial charge in [-0.15, -0.1) is 0 Å². The molecule has 2 N–H and O–H groups in total. The largest absolute Gasteiger partial charge is 0.390 e. The van der Waals surface area contributed by atoms with E-state index in [4.69, 9.17) is 14.2 Å². The molecule has 0 aromatic rings. The van der Waals surface area contributed by atoms with Crippen LogP contribution in [-0.4, -0.2) is 63.1 Å². The Morgan fingerprint density at radius 2 is 1.21 bits per heavy atom. The highest BCUT2D eigenvalue weighted by molar-refractivity contribution is 5.01. The summed E-state index contributed by atoms with van der Waals surface area (Å²) in [6.45, 7) is 0.993. The van der Waals surface area contributed by atoms with E-state index in [0.29, 0.717) is 26.1 Å². The Morgan fingerprint density at radius 3 is 1.58 bits per heavy atom. The van der Waals surface area contributed by atoms with Crippen molar-refractivity contribution < 1.29 is 24.4 Å². The van der Waals surface area contributed by atoms with E-state index in [9.17, 15) is 10.2 Å². The first-order valence-corrected chi connectivity index (χ1v) is 6.03. The van der Waals surface area contributed by atoms with Crippen molar-refractivity contribution in [3.8, 4) is 23.7 Å². The van der Waals surface area contributed by atoms with Crippen molar-refractivity contribution in [2.24, 2.45) is 0 Å². The average Bonchev–Trinajstić information content (AvgIpc) is 2.40. The van der Waals surface area contributed by atoms with Gasteiger partial charge in [0.1, 0.15) is 13.2 Å². The van der Waals surface area contributed by atoms with Gasteiger partial charge < -0.3 is 24.4 Å². The highest BCUT2D eigenvalue weighted by atomic mass is 16.5. The molecular formula is C14H22O5. The van der Waals surface area contributed by atoms with Crippen molar-refractivity contribution in [2.45, 2.75) is 25.0 Å². The predicted molar refractivity (Wildman–Crippen MR) is 71.4 cm³/mol. The fourth-order valence-corrected chi connectivity index (χ4v) is 1.08. The number of methoxy groups -OCH3 is 2. The summed E-state index contributed by atoms with van der Waals surface area (Å²) in [4.78, 5) is 0. The van der Waals surface area contributed by atoms with Gasteiger partial charge in [0, 0.05) is 27.1 Å². The topological polar surface area (TPSA) is 68.2 Å². The summed E-state index contributed by atoms with van der Waals surface area (Å²) in [6.07, 6.45) is -0.660. The summed E-state index contributed by atoms with van der Waals surface area (Å²) in [5.41, 5.74) is 0. The van der Waals surface area contributed by atoms with E-state index in [-0.39, 0.29) is 13.2 Å². The fraction of sp³-hybridized carbons (Fsp3) is 0.714. The van der Waals surface area contributed by atoms with E-state index in [1.807, 2.05) is 0 Å².